The zero-order chi connectivity index (χ0) is 13.8. The van der Waals surface area contributed by atoms with E-state index in [1.807, 2.05) is 26.1 Å². The summed E-state index contributed by atoms with van der Waals surface area (Å²) in [6.45, 7) is 3.91. The topological polar surface area (TPSA) is 35.5 Å². The van der Waals surface area contributed by atoms with Crippen molar-refractivity contribution >= 4 is 5.69 Å². The zero-order valence-corrected chi connectivity index (χ0v) is 11.7. The molecule has 0 amide bonds. The predicted octanol–water partition coefficient (Wildman–Crippen LogP) is 2.31. The molecule has 0 radical (unpaired) electrons. The van der Waals surface area contributed by atoms with E-state index in [9.17, 15) is 4.39 Å². The summed E-state index contributed by atoms with van der Waals surface area (Å²) < 4.78 is 14.2. The van der Waals surface area contributed by atoms with Crippen LogP contribution in [0.4, 0.5) is 10.1 Å². The average molecular weight is 266 g/mol. The summed E-state index contributed by atoms with van der Waals surface area (Å²) >= 11 is 0. The number of piperidine rings is 1. The van der Waals surface area contributed by atoms with Crippen LogP contribution >= 0.6 is 0 Å². The van der Waals surface area contributed by atoms with Crippen LogP contribution in [0.15, 0.2) is 18.2 Å². The van der Waals surface area contributed by atoms with Gasteiger partial charge in [0.15, 0.2) is 0 Å². The molecule has 0 aliphatic carbocycles. The standard InChI is InChI=1S/C15H23FN2O/c1-11(17-2)13-3-4-15(14(16)9-13)18-7-5-12(10-19)6-8-18/h3-4,9,11-12,17,19H,5-8,10H2,1-2H3. The highest BCUT2D eigenvalue weighted by atomic mass is 19.1. The van der Waals surface area contributed by atoms with Crippen molar-refractivity contribution in [1.29, 1.82) is 0 Å². The first-order valence-corrected chi connectivity index (χ1v) is 6.98. The molecule has 1 aliphatic rings. The average Bonchev–Trinajstić information content (AvgIpc) is 2.46. The van der Waals surface area contributed by atoms with Crippen molar-refractivity contribution in [2.45, 2.75) is 25.8 Å². The van der Waals surface area contributed by atoms with Gasteiger partial charge in [-0.25, -0.2) is 4.39 Å². The Bertz CT molecular complexity index is 417. The zero-order valence-electron chi connectivity index (χ0n) is 11.7. The molecule has 0 bridgehead atoms. The second kappa shape index (κ2) is 6.35. The molecule has 0 spiro atoms. The van der Waals surface area contributed by atoms with E-state index in [0.717, 1.165) is 31.5 Å². The van der Waals surface area contributed by atoms with Gasteiger partial charge in [-0.3, -0.25) is 0 Å². The van der Waals surface area contributed by atoms with Crippen LogP contribution < -0.4 is 10.2 Å². The largest absolute Gasteiger partial charge is 0.396 e. The first kappa shape index (κ1) is 14.3. The number of rotatable bonds is 4. The maximum atomic E-state index is 14.2. The maximum absolute atomic E-state index is 14.2. The summed E-state index contributed by atoms with van der Waals surface area (Å²) in [6, 6.07) is 5.63. The summed E-state index contributed by atoms with van der Waals surface area (Å²) in [5, 5.41) is 12.2. The smallest absolute Gasteiger partial charge is 0.146 e. The minimum atomic E-state index is -0.151. The van der Waals surface area contributed by atoms with E-state index < -0.39 is 0 Å². The number of nitrogens with one attached hydrogen (secondary N) is 1. The highest BCUT2D eigenvalue weighted by Gasteiger charge is 2.21. The van der Waals surface area contributed by atoms with E-state index in [2.05, 4.69) is 10.2 Å². The van der Waals surface area contributed by atoms with Crippen LogP contribution in [0.25, 0.3) is 0 Å². The van der Waals surface area contributed by atoms with E-state index >= 15 is 0 Å². The normalized spacial score (nSPS) is 18.6. The lowest BCUT2D eigenvalue weighted by Gasteiger charge is -2.33. The molecule has 1 aromatic carbocycles. The first-order chi connectivity index (χ1) is 9.15. The molecular formula is C15H23FN2O. The van der Waals surface area contributed by atoms with E-state index in [1.165, 1.54) is 0 Å². The van der Waals surface area contributed by atoms with Crippen molar-refractivity contribution in [2.24, 2.45) is 5.92 Å². The van der Waals surface area contributed by atoms with Gasteiger partial charge in [-0.05, 0) is 50.4 Å². The van der Waals surface area contributed by atoms with E-state index in [4.69, 9.17) is 5.11 Å². The molecule has 0 aromatic heterocycles. The summed E-state index contributed by atoms with van der Waals surface area (Å²) in [6.07, 6.45) is 1.87. The second-order valence-electron chi connectivity index (χ2n) is 5.33. The van der Waals surface area contributed by atoms with Crippen molar-refractivity contribution in [3.05, 3.63) is 29.6 Å². The summed E-state index contributed by atoms with van der Waals surface area (Å²) in [4.78, 5) is 2.08. The lowest BCUT2D eigenvalue weighted by atomic mass is 9.97. The third-order valence-electron chi connectivity index (χ3n) is 4.12. The molecular weight excluding hydrogens is 243 g/mol. The quantitative estimate of drug-likeness (QED) is 0.878. The third kappa shape index (κ3) is 3.25. The Morgan fingerprint density at radius 3 is 2.63 bits per heavy atom. The fraction of sp³-hybridized carbons (Fsp3) is 0.600. The van der Waals surface area contributed by atoms with Gasteiger partial charge >= 0.3 is 0 Å². The fourth-order valence-corrected chi connectivity index (χ4v) is 2.57. The molecule has 3 nitrogen and oxygen atoms in total. The third-order valence-corrected chi connectivity index (χ3v) is 4.12. The molecule has 1 saturated heterocycles. The predicted molar refractivity (Wildman–Crippen MR) is 75.9 cm³/mol. The molecule has 1 unspecified atom stereocenters. The van der Waals surface area contributed by atoms with Crippen molar-refractivity contribution < 1.29 is 9.50 Å². The molecule has 4 heteroatoms. The Hall–Kier alpha value is -1.13. The van der Waals surface area contributed by atoms with Gasteiger partial charge in [0.05, 0.1) is 5.69 Å². The minimum absolute atomic E-state index is 0.151. The van der Waals surface area contributed by atoms with Crippen molar-refractivity contribution in [2.75, 3.05) is 31.6 Å². The number of benzene rings is 1. The highest BCUT2D eigenvalue weighted by Crippen LogP contribution is 2.27. The first-order valence-electron chi connectivity index (χ1n) is 6.98. The lowest BCUT2D eigenvalue weighted by molar-refractivity contribution is 0.203. The number of aliphatic hydroxyl groups excluding tert-OH is 1. The van der Waals surface area contributed by atoms with Crippen LogP contribution in [0, 0.1) is 11.7 Å². The molecule has 1 fully saturated rings. The number of aliphatic hydroxyl groups is 1. The SMILES string of the molecule is CNC(C)c1ccc(N2CCC(CO)CC2)c(F)c1. The van der Waals surface area contributed by atoms with Crippen LogP contribution in [0.1, 0.15) is 31.4 Å². The Morgan fingerprint density at radius 1 is 1.42 bits per heavy atom. The monoisotopic (exact) mass is 266 g/mol. The van der Waals surface area contributed by atoms with Gasteiger partial charge in [-0.1, -0.05) is 6.07 Å². The Labute approximate surface area is 114 Å². The molecule has 19 heavy (non-hydrogen) atoms. The van der Waals surface area contributed by atoms with Gasteiger partial charge in [0.25, 0.3) is 0 Å². The van der Waals surface area contributed by atoms with Gasteiger partial charge in [-0.2, -0.15) is 0 Å². The van der Waals surface area contributed by atoms with Crippen molar-refractivity contribution in [3.63, 3.8) is 0 Å². The molecule has 1 aliphatic heterocycles. The van der Waals surface area contributed by atoms with Gasteiger partial charge in [0, 0.05) is 25.7 Å². The van der Waals surface area contributed by atoms with E-state index in [1.54, 1.807) is 6.07 Å². The number of anilines is 1. The summed E-state index contributed by atoms with van der Waals surface area (Å²) in [7, 11) is 1.87. The molecule has 2 rings (SSSR count). The van der Waals surface area contributed by atoms with Crippen LogP contribution in [-0.2, 0) is 0 Å². The Balaban J connectivity index is 2.09. The number of hydrogen-bond acceptors (Lipinski definition) is 3. The number of nitrogens with zero attached hydrogens (tertiary/aromatic N) is 1. The molecule has 2 N–H and O–H groups in total. The van der Waals surface area contributed by atoms with Crippen LogP contribution in [0.5, 0.6) is 0 Å². The molecule has 0 saturated carbocycles. The second-order valence-corrected chi connectivity index (χ2v) is 5.33. The highest BCUT2D eigenvalue weighted by molar-refractivity contribution is 5.50. The number of halogens is 1. The van der Waals surface area contributed by atoms with Crippen molar-refractivity contribution in [3.8, 4) is 0 Å². The van der Waals surface area contributed by atoms with Gasteiger partial charge < -0.3 is 15.3 Å². The molecule has 1 aromatic rings. The maximum Gasteiger partial charge on any atom is 0.146 e. The Morgan fingerprint density at radius 2 is 2.11 bits per heavy atom. The molecule has 1 atom stereocenters. The minimum Gasteiger partial charge on any atom is -0.396 e. The molecule has 106 valence electrons. The van der Waals surface area contributed by atoms with Gasteiger partial charge in [0.1, 0.15) is 5.82 Å². The lowest BCUT2D eigenvalue weighted by Crippen LogP contribution is -2.35. The summed E-state index contributed by atoms with van der Waals surface area (Å²) in [5.41, 5.74) is 1.65. The van der Waals surface area contributed by atoms with E-state index in [-0.39, 0.29) is 18.5 Å². The summed E-state index contributed by atoms with van der Waals surface area (Å²) in [5.74, 6) is 0.227. The van der Waals surface area contributed by atoms with Gasteiger partial charge in [-0.15, -0.1) is 0 Å². The Kier molecular flexibility index (Phi) is 4.77. The van der Waals surface area contributed by atoms with E-state index in [0.29, 0.717) is 11.6 Å². The van der Waals surface area contributed by atoms with Gasteiger partial charge in [0.2, 0.25) is 0 Å². The van der Waals surface area contributed by atoms with Crippen LogP contribution in [-0.4, -0.2) is 31.9 Å². The van der Waals surface area contributed by atoms with Crippen molar-refractivity contribution in [1.82, 2.24) is 5.32 Å². The van der Waals surface area contributed by atoms with Crippen LogP contribution in [0.3, 0.4) is 0 Å². The fourth-order valence-electron chi connectivity index (χ4n) is 2.57. The van der Waals surface area contributed by atoms with Crippen LogP contribution in [0.2, 0.25) is 0 Å². The number of hydrogen-bond donors (Lipinski definition) is 2. The molecule has 1 heterocycles.